The highest BCUT2D eigenvalue weighted by molar-refractivity contribution is 5.38. The Kier molecular flexibility index (Phi) is 3.17. The van der Waals surface area contributed by atoms with E-state index in [0.29, 0.717) is 17.7 Å². The van der Waals surface area contributed by atoms with Crippen molar-refractivity contribution in [2.45, 2.75) is 19.4 Å². The maximum Gasteiger partial charge on any atom is 0.120 e. The smallest absolute Gasteiger partial charge is 0.120 e. The molecular formula is C13H20N2O. The molecule has 1 aliphatic heterocycles. The lowest BCUT2D eigenvalue weighted by molar-refractivity contribution is 0.305. The zero-order valence-electron chi connectivity index (χ0n) is 9.98. The van der Waals surface area contributed by atoms with Crippen LogP contribution in [0.3, 0.4) is 0 Å². The van der Waals surface area contributed by atoms with Crippen molar-refractivity contribution < 1.29 is 5.11 Å². The molecule has 1 heterocycles. The van der Waals surface area contributed by atoms with Gasteiger partial charge < -0.3 is 10.8 Å². The Morgan fingerprint density at radius 1 is 1.50 bits per heavy atom. The highest BCUT2D eigenvalue weighted by atomic mass is 16.3. The minimum Gasteiger partial charge on any atom is -0.508 e. The number of benzene rings is 1. The summed E-state index contributed by atoms with van der Waals surface area (Å²) in [4.78, 5) is 2.28. The lowest BCUT2D eigenvalue weighted by Gasteiger charge is -2.20. The molecular weight excluding hydrogens is 200 g/mol. The molecule has 1 aromatic rings. The average Bonchev–Trinajstić information content (AvgIpc) is 2.63. The number of nitrogens with zero attached hydrogens (tertiary/aromatic N) is 1. The van der Waals surface area contributed by atoms with Crippen LogP contribution in [0.2, 0.25) is 0 Å². The Hall–Kier alpha value is -1.06. The molecule has 0 aliphatic carbocycles. The van der Waals surface area contributed by atoms with E-state index < -0.39 is 0 Å². The maximum atomic E-state index is 9.91. The zero-order valence-corrected chi connectivity index (χ0v) is 9.98. The number of hydrogen-bond donors (Lipinski definition) is 2. The summed E-state index contributed by atoms with van der Waals surface area (Å²) >= 11 is 0. The molecule has 2 unspecified atom stereocenters. The van der Waals surface area contributed by atoms with Gasteiger partial charge in [-0.3, -0.25) is 4.90 Å². The first-order chi connectivity index (χ1) is 7.61. The second kappa shape index (κ2) is 4.44. The normalized spacial score (nSPS) is 26.2. The summed E-state index contributed by atoms with van der Waals surface area (Å²) in [6, 6.07) is 6.12. The van der Waals surface area contributed by atoms with Gasteiger partial charge in [0.25, 0.3) is 0 Å². The van der Waals surface area contributed by atoms with Crippen LogP contribution in [-0.4, -0.2) is 30.1 Å². The van der Waals surface area contributed by atoms with Gasteiger partial charge in [0.2, 0.25) is 0 Å². The molecule has 2 atom stereocenters. The summed E-state index contributed by atoms with van der Waals surface area (Å²) in [7, 11) is 2.10. The van der Waals surface area contributed by atoms with Crippen LogP contribution in [0.25, 0.3) is 0 Å². The number of aromatic hydroxyl groups is 1. The Morgan fingerprint density at radius 3 is 2.88 bits per heavy atom. The molecule has 0 amide bonds. The topological polar surface area (TPSA) is 49.5 Å². The Labute approximate surface area is 96.9 Å². The van der Waals surface area contributed by atoms with E-state index in [-0.39, 0.29) is 0 Å². The molecule has 1 fully saturated rings. The summed E-state index contributed by atoms with van der Waals surface area (Å²) in [5.74, 6) is 0.954. The Balaban J connectivity index is 2.27. The lowest BCUT2D eigenvalue weighted by atomic mass is 9.98. The lowest BCUT2D eigenvalue weighted by Crippen LogP contribution is -2.20. The van der Waals surface area contributed by atoms with Gasteiger partial charge in [-0.2, -0.15) is 0 Å². The minimum absolute atomic E-state index is 0.313. The number of phenolic OH excluding ortho intramolecular Hbond substituents is 1. The largest absolute Gasteiger partial charge is 0.508 e. The molecule has 3 heteroatoms. The van der Waals surface area contributed by atoms with Crippen LogP contribution in [0.1, 0.15) is 23.6 Å². The fraction of sp³-hybridized carbons (Fsp3) is 0.538. The van der Waals surface area contributed by atoms with E-state index in [1.165, 1.54) is 5.56 Å². The molecule has 2 rings (SSSR count). The van der Waals surface area contributed by atoms with E-state index in [1.807, 2.05) is 6.07 Å². The SMILES string of the molecule is Cc1ccc(O)c(C2CC(CN)CN2C)c1. The minimum atomic E-state index is 0.313. The van der Waals surface area contributed by atoms with Gasteiger partial charge in [0.1, 0.15) is 5.75 Å². The van der Waals surface area contributed by atoms with Crippen molar-refractivity contribution >= 4 is 0 Å². The fourth-order valence-corrected chi connectivity index (χ4v) is 2.58. The standard InChI is InChI=1S/C13H20N2O/c1-9-3-4-13(16)11(5-9)12-6-10(7-14)8-15(12)2/h3-5,10,12,16H,6-8,14H2,1-2H3. The first-order valence-corrected chi connectivity index (χ1v) is 5.81. The molecule has 3 N–H and O–H groups in total. The molecule has 1 aromatic carbocycles. The highest BCUT2D eigenvalue weighted by Crippen LogP contribution is 2.37. The van der Waals surface area contributed by atoms with Crippen molar-refractivity contribution in [2.24, 2.45) is 11.7 Å². The number of rotatable bonds is 2. The van der Waals surface area contributed by atoms with Crippen LogP contribution >= 0.6 is 0 Å². The quantitative estimate of drug-likeness (QED) is 0.797. The van der Waals surface area contributed by atoms with Crippen molar-refractivity contribution in [2.75, 3.05) is 20.1 Å². The van der Waals surface area contributed by atoms with Crippen molar-refractivity contribution in [3.8, 4) is 5.75 Å². The second-order valence-electron chi connectivity index (χ2n) is 4.86. The predicted octanol–water partition coefficient (Wildman–Crippen LogP) is 1.65. The first-order valence-electron chi connectivity index (χ1n) is 5.81. The first kappa shape index (κ1) is 11.4. The maximum absolute atomic E-state index is 9.91. The summed E-state index contributed by atoms with van der Waals surface area (Å²) in [5.41, 5.74) is 7.95. The summed E-state index contributed by atoms with van der Waals surface area (Å²) in [6.45, 7) is 3.81. The van der Waals surface area contributed by atoms with E-state index in [0.717, 1.165) is 25.1 Å². The van der Waals surface area contributed by atoms with Gasteiger partial charge >= 0.3 is 0 Å². The second-order valence-corrected chi connectivity index (χ2v) is 4.86. The molecule has 0 bridgehead atoms. The van der Waals surface area contributed by atoms with Crippen molar-refractivity contribution in [1.82, 2.24) is 4.90 Å². The summed E-state index contributed by atoms with van der Waals surface area (Å²) < 4.78 is 0. The molecule has 1 aliphatic rings. The molecule has 3 nitrogen and oxygen atoms in total. The van der Waals surface area contributed by atoms with Crippen molar-refractivity contribution in [3.63, 3.8) is 0 Å². The van der Waals surface area contributed by atoms with Crippen molar-refractivity contribution in [3.05, 3.63) is 29.3 Å². The van der Waals surface area contributed by atoms with E-state index >= 15 is 0 Å². The van der Waals surface area contributed by atoms with E-state index in [1.54, 1.807) is 6.07 Å². The van der Waals surface area contributed by atoms with Gasteiger partial charge in [0.05, 0.1) is 0 Å². The molecule has 16 heavy (non-hydrogen) atoms. The molecule has 0 aromatic heterocycles. The van der Waals surface area contributed by atoms with Crippen LogP contribution in [0.15, 0.2) is 18.2 Å². The van der Waals surface area contributed by atoms with Crippen LogP contribution in [0.5, 0.6) is 5.75 Å². The molecule has 0 spiro atoms. The van der Waals surface area contributed by atoms with Gasteiger partial charge in [0.15, 0.2) is 0 Å². The third kappa shape index (κ3) is 2.06. The summed E-state index contributed by atoms with van der Waals surface area (Å²) in [6.07, 6.45) is 1.05. The van der Waals surface area contributed by atoms with Crippen LogP contribution < -0.4 is 5.73 Å². The Bertz CT molecular complexity index is 378. The van der Waals surface area contributed by atoms with Gasteiger partial charge in [-0.05, 0) is 38.9 Å². The number of likely N-dealkylation sites (tertiary alicyclic amines) is 1. The number of hydrogen-bond acceptors (Lipinski definition) is 3. The van der Waals surface area contributed by atoms with Gasteiger partial charge in [-0.1, -0.05) is 17.7 Å². The zero-order chi connectivity index (χ0) is 11.7. The number of nitrogens with two attached hydrogens (primary N) is 1. The van der Waals surface area contributed by atoms with Crippen LogP contribution in [0.4, 0.5) is 0 Å². The van der Waals surface area contributed by atoms with Crippen molar-refractivity contribution in [1.29, 1.82) is 0 Å². The van der Waals surface area contributed by atoms with Crippen LogP contribution in [-0.2, 0) is 0 Å². The molecule has 0 radical (unpaired) electrons. The van der Waals surface area contributed by atoms with Crippen LogP contribution in [0, 0.1) is 12.8 Å². The van der Waals surface area contributed by atoms with Gasteiger partial charge in [0, 0.05) is 18.2 Å². The highest BCUT2D eigenvalue weighted by Gasteiger charge is 2.31. The third-order valence-corrected chi connectivity index (χ3v) is 3.51. The molecule has 0 saturated carbocycles. The number of aryl methyl sites for hydroxylation is 1. The van der Waals surface area contributed by atoms with E-state index in [4.69, 9.17) is 5.73 Å². The average molecular weight is 220 g/mol. The monoisotopic (exact) mass is 220 g/mol. The fourth-order valence-electron chi connectivity index (χ4n) is 2.58. The number of phenols is 1. The predicted molar refractivity (Wildman–Crippen MR) is 65.4 cm³/mol. The van der Waals surface area contributed by atoms with Gasteiger partial charge in [-0.25, -0.2) is 0 Å². The van der Waals surface area contributed by atoms with E-state index in [9.17, 15) is 5.11 Å². The third-order valence-electron chi connectivity index (χ3n) is 3.51. The van der Waals surface area contributed by atoms with E-state index in [2.05, 4.69) is 24.9 Å². The molecule has 1 saturated heterocycles. The molecule has 88 valence electrons. The summed E-state index contributed by atoms with van der Waals surface area (Å²) in [5, 5.41) is 9.91. The van der Waals surface area contributed by atoms with Gasteiger partial charge in [-0.15, -0.1) is 0 Å². The Morgan fingerprint density at radius 2 is 2.25 bits per heavy atom.